The van der Waals surface area contributed by atoms with E-state index in [4.69, 9.17) is 9.53 Å². The van der Waals surface area contributed by atoms with Crippen LogP contribution in [0.1, 0.15) is 12.8 Å². The first-order chi connectivity index (χ1) is 5.14. The van der Waals surface area contributed by atoms with E-state index >= 15 is 0 Å². The van der Waals surface area contributed by atoms with Crippen LogP contribution in [0.15, 0.2) is 0 Å². The van der Waals surface area contributed by atoms with E-state index in [2.05, 4.69) is 13.1 Å². The lowest BCUT2D eigenvalue weighted by atomic mass is 10.3. The van der Waals surface area contributed by atoms with Crippen molar-refractivity contribution in [3.05, 3.63) is 0 Å². The molecule has 1 atom stereocenters. The normalized spacial score (nSPS) is 31.4. The zero-order chi connectivity index (χ0) is 8.32. The zero-order valence-electron chi connectivity index (χ0n) is 7.47. The molecule has 1 aliphatic heterocycles. The topological polar surface area (TPSA) is 29.5 Å². The van der Waals surface area contributed by atoms with Crippen LogP contribution in [0, 0.1) is 0 Å². The third-order valence-electron chi connectivity index (χ3n) is 2.24. The molecule has 1 fully saturated rings. The molecule has 1 heterocycles. The fourth-order valence-corrected chi connectivity index (χ4v) is 6.56. The third-order valence-corrected chi connectivity index (χ3v) is 6.58. The van der Waals surface area contributed by atoms with Crippen LogP contribution < -0.4 is 0 Å². The van der Waals surface area contributed by atoms with Crippen LogP contribution >= 0.6 is 0 Å². The molecule has 11 heavy (non-hydrogen) atoms. The van der Waals surface area contributed by atoms with Crippen LogP contribution in [-0.4, -0.2) is 34.9 Å². The molecule has 0 radical (unpaired) electrons. The molecule has 1 aliphatic rings. The van der Waals surface area contributed by atoms with Gasteiger partial charge in [0, 0.05) is 12.0 Å². The predicted molar refractivity (Wildman–Crippen MR) is 52.0 cm³/mol. The average Bonchev–Trinajstić information content (AvgIpc) is 1.85. The van der Waals surface area contributed by atoms with Crippen LogP contribution in [0.25, 0.3) is 0 Å². The summed E-state index contributed by atoms with van der Waals surface area (Å²) in [4.78, 5) is 0. The molecule has 0 aromatic heterocycles. The van der Waals surface area contributed by atoms with Gasteiger partial charge in [0.2, 0.25) is 0 Å². The highest BCUT2D eigenvalue weighted by Crippen LogP contribution is 2.24. The van der Waals surface area contributed by atoms with E-state index in [1.807, 2.05) is 0 Å². The monoisotopic (exact) mass is 190 g/mol. The van der Waals surface area contributed by atoms with Crippen molar-refractivity contribution in [2.24, 2.45) is 0 Å². The van der Waals surface area contributed by atoms with Gasteiger partial charge in [0.15, 0.2) is 8.32 Å². The minimum absolute atomic E-state index is 0.325. The molecule has 4 heteroatoms. The molecular weight excluding hydrogens is 172 g/mol. The molecule has 0 aromatic carbocycles. The van der Waals surface area contributed by atoms with Gasteiger partial charge in [-0.1, -0.05) is 6.42 Å². The first kappa shape index (κ1) is 9.44. The first-order valence-electron chi connectivity index (χ1n) is 4.43. The van der Waals surface area contributed by atoms with Gasteiger partial charge in [-0.2, -0.15) is 0 Å². The van der Waals surface area contributed by atoms with Crippen molar-refractivity contribution in [3.63, 3.8) is 0 Å². The fraction of sp³-hybridized carbons (Fsp3) is 1.00. The van der Waals surface area contributed by atoms with E-state index < -0.39 is 8.32 Å². The molecule has 1 saturated heterocycles. The summed E-state index contributed by atoms with van der Waals surface area (Å²) in [5.74, 6) is 0. The second-order valence-electron chi connectivity index (χ2n) is 3.90. The van der Waals surface area contributed by atoms with Gasteiger partial charge in [-0.15, -0.1) is 0 Å². The zero-order valence-corrected chi connectivity index (χ0v) is 9.88. The van der Waals surface area contributed by atoms with Crippen molar-refractivity contribution in [1.82, 2.24) is 0 Å². The molecule has 0 bridgehead atoms. The molecule has 1 unspecified atom stereocenters. The summed E-state index contributed by atoms with van der Waals surface area (Å²) >= 11 is 0. The summed E-state index contributed by atoms with van der Waals surface area (Å²) in [6, 6.07) is 1.31. The average molecular weight is 190 g/mol. The van der Waals surface area contributed by atoms with Gasteiger partial charge >= 0.3 is 0 Å². The third kappa shape index (κ3) is 3.07. The minimum atomic E-state index is -1.27. The molecule has 0 spiro atoms. The van der Waals surface area contributed by atoms with E-state index in [0.717, 1.165) is 0 Å². The number of rotatable bonds is 2. The molecule has 2 nitrogen and oxygen atoms in total. The van der Waals surface area contributed by atoms with E-state index in [0.29, 0.717) is 12.0 Å². The molecule has 0 aliphatic carbocycles. The van der Waals surface area contributed by atoms with Crippen molar-refractivity contribution in [2.45, 2.75) is 37.7 Å². The van der Waals surface area contributed by atoms with Crippen LogP contribution in [0.3, 0.4) is 0 Å². The largest absolute Gasteiger partial charge is 0.418 e. The highest BCUT2D eigenvalue weighted by atomic mass is 28.4. The number of hydrogen-bond donors (Lipinski definition) is 1. The van der Waals surface area contributed by atoms with Crippen LogP contribution in [0.4, 0.5) is 0 Å². The second kappa shape index (κ2) is 3.84. The van der Waals surface area contributed by atoms with Gasteiger partial charge in [0.25, 0.3) is 0 Å². The Labute approximate surface area is 71.9 Å². The van der Waals surface area contributed by atoms with Gasteiger partial charge in [0.05, 0.1) is 9.52 Å². The van der Waals surface area contributed by atoms with E-state index in [1.54, 1.807) is 0 Å². The Kier molecular flexibility index (Phi) is 3.30. The summed E-state index contributed by atoms with van der Waals surface area (Å²) < 4.78 is 5.95. The Morgan fingerprint density at radius 3 is 2.91 bits per heavy atom. The number of aliphatic hydroxyl groups excluding tert-OH is 1. The van der Waals surface area contributed by atoms with Crippen molar-refractivity contribution >= 4 is 17.8 Å². The smallest absolute Gasteiger partial charge is 0.186 e. The van der Waals surface area contributed by atoms with Crippen molar-refractivity contribution in [1.29, 1.82) is 0 Å². The van der Waals surface area contributed by atoms with Gasteiger partial charge < -0.3 is 9.53 Å². The van der Waals surface area contributed by atoms with Crippen molar-refractivity contribution in [2.75, 3.05) is 6.23 Å². The lowest BCUT2D eigenvalue weighted by Gasteiger charge is -2.34. The molecule has 66 valence electrons. The summed E-state index contributed by atoms with van der Waals surface area (Å²) in [7, 11) is -1.59. The van der Waals surface area contributed by atoms with Gasteiger partial charge in [-0.05, 0) is 25.6 Å². The standard InChI is InChI=1S/C7H18O2Si2/c1-11(2)5-3-4-7(9-11)10-6-8/h7-8H,3-6,10H2,1-2H3. The van der Waals surface area contributed by atoms with Crippen molar-refractivity contribution < 1.29 is 9.53 Å². The van der Waals surface area contributed by atoms with Gasteiger partial charge in [-0.3, -0.25) is 0 Å². The van der Waals surface area contributed by atoms with Crippen molar-refractivity contribution in [3.8, 4) is 0 Å². The van der Waals surface area contributed by atoms with Gasteiger partial charge in [0.1, 0.15) is 0 Å². The predicted octanol–water partition coefficient (Wildman–Crippen LogP) is 0.447. The Hall–Kier alpha value is 0.354. The molecule has 0 aromatic rings. The fourth-order valence-electron chi connectivity index (χ4n) is 1.67. The van der Waals surface area contributed by atoms with Gasteiger partial charge in [-0.25, -0.2) is 0 Å². The second-order valence-corrected chi connectivity index (χ2v) is 10.1. The van der Waals surface area contributed by atoms with Crippen LogP contribution in [-0.2, 0) is 4.43 Å². The lowest BCUT2D eigenvalue weighted by molar-refractivity contribution is 0.225. The maximum atomic E-state index is 8.79. The Morgan fingerprint density at radius 2 is 2.36 bits per heavy atom. The van der Waals surface area contributed by atoms with Crippen LogP contribution in [0.2, 0.25) is 19.1 Å². The molecule has 1 N–H and O–H groups in total. The number of aliphatic hydroxyl groups is 1. The SMILES string of the molecule is C[Si]1(C)CCCC([SiH2]CO)O1. The van der Waals surface area contributed by atoms with Crippen LogP contribution in [0.5, 0.6) is 0 Å². The Morgan fingerprint density at radius 1 is 1.64 bits per heavy atom. The van der Waals surface area contributed by atoms with E-state index in [9.17, 15) is 0 Å². The lowest BCUT2D eigenvalue weighted by Crippen LogP contribution is -2.42. The maximum absolute atomic E-state index is 8.79. The highest BCUT2D eigenvalue weighted by molar-refractivity contribution is 6.71. The maximum Gasteiger partial charge on any atom is 0.186 e. The molecular formula is C7H18O2Si2. The molecule has 0 amide bonds. The van der Waals surface area contributed by atoms with E-state index in [-0.39, 0.29) is 9.52 Å². The highest BCUT2D eigenvalue weighted by Gasteiger charge is 2.30. The number of hydrogen-bond acceptors (Lipinski definition) is 2. The minimum Gasteiger partial charge on any atom is -0.418 e. The Balaban J connectivity index is 2.34. The first-order valence-corrected chi connectivity index (χ1v) is 9.36. The quantitative estimate of drug-likeness (QED) is 0.641. The summed E-state index contributed by atoms with van der Waals surface area (Å²) in [5, 5.41) is 8.79. The summed E-state index contributed by atoms with van der Waals surface area (Å²) in [6.07, 6.45) is 2.95. The summed E-state index contributed by atoms with van der Waals surface area (Å²) in [6.45, 7) is 4.57. The Bertz CT molecular complexity index is 126. The molecule has 0 saturated carbocycles. The molecule has 1 rings (SSSR count). The summed E-state index contributed by atoms with van der Waals surface area (Å²) in [5.41, 5.74) is 0.496. The van der Waals surface area contributed by atoms with E-state index in [1.165, 1.54) is 18.9 Å².